The first-order chi connectivity index (χ1) is 5.86. The van der Waals surface area contributed by atoms with Crippen LogP contribution in [0.15, 0.2) is 24.3 Å². The molecule has 2 aliphatic rings. The van der Waals surface area contributed by atoms with Crippen molar-refractivity contribution in [2.24, 2.45) is 5.92 Å². The summed E-state index contributed by atoms with van der Waals surface area (Å²) in [6.07, 6.45) is 0.899. The number of carbonyl (C=O) groups is 1. The lowest BCUT2D eigenvalue weighted by atomic mass is 10.1. The molecule has 59 valence electrons. The lowest BCUT2D eigenvalue weighted by molar-refractivity contribution is -0.136. The van der Waals surface area contributed by atoms with Crippen molar-refractivity contribution in [3.8, 4) is 5.75 Å². The van der Waals surface area contributed by atoms with Crippen molar-refractivity contribution in [3.63, 3.8) is 0 Å². The molecule has 1 aliphatic heterocycles. The third kappa shape index (κ3) is 0.670. The van der Waals surface area contributed by atoms with Gasteiger partial charge >= 0.3 is 5.97 Å². The Morgan fingerprint density at radius 3 is 3.08 bits per heavy atom. The highest BCUT2D eigenvalue weighted by Gasteiger charge is 2.50. The molecule has 1 radical (unpaired) electrons. The number of benzene rings is 1. The van der Waals surface area contributed by atoms with Crippen LogP contribution in [0.5, 0.6) is 5.75 Å². The number of fused-ring (bicyclic) bond motifs is 3. The monoisotopic (exact) mass is 159 g/mol. The van der Waals surface area contributed by atoms with Crippen LogP contribution in [0.3, 0.4) is 0 Å². The van der Waals surface area contributed by atoms with E-state index in [1.165, 1.54) is 5.92 Å². The Kier molecular flexibility index (Phi) is 0.980. The first kappa shape index (κ1) is 6.23. The molecule has 0 bridgehead atoms. The van der Waals surface area contributed by atoms with Crippen molar-refractivity contribution in [2.75, 3.05) is 0 Å². The van der Waals surface area contributed by atoms with Gasteiger partial charge in [-0.25, -0.2) is 0 Å². The van der Waals surface area contributed by atoms with Crippen molar-refractivity contribution in [1.29, 1.82) is 0 Å². The molecule has 1 aliphatic carbocycles. The van der Waals surface area contributed by atoms with Gasteiger partial charge in [0.1, 0.15) is 5.75 Å². The highest BCUT2D eigenvalue weighted by atomic mass is 16.5. The highest BCUT2D eigenvalue weighted by molar-refractivity contribution is 5.87. The highest BCUT2D eigenvalue weighted by Crippen LogP contribution is 2.53. The van der Waals surface area contributed by atoms with E-state index in [1.54, 1.807) is 0 Å². The zero-order valence-electron chi connectivity index (χ0n) is 6.41. The summed E-state index contributed by atoms with van der Waals surface area (Å²) < 4.78 is 5.13. The number of ether oxygens (including phenoxy) is 1. The molecule has 1 saturated carbocycles. The molecular weight excluding hydrogens is 152 g/mol. The molecule has 1 heterocycles. The average molecular weight is 159 g/mol. The van der Waals surface area contributed by atoms with E-state index in [1.807, 2.05) is 24.3 Å². The Morgan fingerprint density at radius 2 is 2.17 bits per heavy atom. The van der Waals surface area contributed by atoms with E-state index < -0.39 is 0 Å². The SMILES string of the molecule is O=C1Oc2ccccc2[C]2CC21. The van der Waals surface area contributed by atoms with Gasteiger partial charge in [0.15, 0.2) is 0 Å². The summed E-state index contributed by atoms with van der Waals surface area (Å²) in [6, 6.07) is 7.71. The molecule has 1 unspecified atom stereocenters. The van der Waals surface area contributed by atoms with Gasteiger partial charge < -0.3 is 4.74 Å². The van der Waals surface area contributed by atoms with Gasteiger partial charge in [-0.1, -0.05) is 18.2 Å². The first-order valence-corrected chi connectivity index (χ1v) is 4.03. The second-order valence-corrected chi connectivity index (χ2v) is 3.20. The first-order valence-electron chi connectivity index (χ1n) is 4.03. The van der Waals surface area contributed by atoms with Gasteiger partial charge in [-0.05, 0) is 12.5 Å². The summed E-state index contributed by atoms with van der Waals surface area (Å²) in [6.45, 7) is 0. The van der Waals surface area contributed by atoms with E-state index in [0.717, 1.165) is 17.7 Å². The molecule has 0 spiro atoms. The maximum atomic E-state index is 11.2. The Morgan fingerprint density at radius 1 is 1.33 bits per heavy atom. The third-order valence-corrected chi connectivity index (χ3v) is 2.41. The van der Waals surface area contributed by atoms with Crippen molar-refractivity contribution in [2.45, 2.75) is 6.42 Å². The molecule has 1 aromatic carbocycles. The van der Waals surface area contributed by atoms with Crippen LogP contribution in [0, 0.1) is 11.8 Å². The van der Waals surface area contributed by atoms with Crippen molar-refractivity contribution in [1.82, 2.24) is 0 Å². The minimum Gasteiger partial charge on any atom is -0.426 e. The molecule has 2 heteroatoms. The average Bonchev–Trinajstić information content (AvgIpc) is 2.84. The number of hydrogen-bond acceptors (Lipinski definition) is 2. The zero-order chi connectivity index (χ0) is 8.13. The maximum Gasteiger partial charge on any atom is 0.315 e. The van der Waals surface area contributed by atoms with Crippen molar-refractivity contribution in [3.05, 3.63) is 35.7 Å². The van der Waals surface area contributed by atoms with Crippen molar-refractivity contribution < 1.29 is 9.53 Å². The lowest BCUT2D eigenvalue weighted by Crippen LogP contribution is -2.16. The van der Waals surface area contributed by atoms with Gasteiger partial charge in [-0.2, -0.15) is 0 Å². The van der Waals surface area contributed by atoms with E-state index >= 15 is 0 Å². The predicted molar refractivity (Wildman–Crippen MR) is 42.5 cm³/mol. The normalized spacial score (nSPS) is 25.7. The maximum absolute atomic E-state index is 11.2. The van der Waals surface area contributed by atoms with E-state index in [-0.39, 0.29) is 11.9 Å². The Hall–Kier alpha value is -1.31. The van der Waals surface area contributed by atoms with E-state index in [9.17, 15) is 4.79 Å². The van der Waals surface area contributed by atoms with E-state index in [2.05, 4.69) is 0 Å². The quantitative estimate of drug-likeness (QED) is 0.424. The summed E-state index contributed by atoms with van der Waals surface area (Å²) in [4.78, 5) is 11.2. The van der Waals surface area contributed by atoms with Crippen LogP contribution in [-0.4, -0.2) is 5.97 Å². The van der Waals surface area contributed by atoms with E-state index in [0.29, 0.717) is 0 Å². The molecule has 1 fully saturated rings. The zero-order valence-corrected chi connectivity index (χ0v) is 6.41. The number of carbonyl (C=O) groups excluding carboxylic acids is 1. The van der Waals surface area contributed by atoms with Crippen LogP contribution < -0.4 is 4.74 Å². The predicted octanol–water partition coefficient (Wildman–Crippen LogP) is 1.55. The third-order valence-electron chi connectivity index (χ3n) is 2.41. The largest absolute Gasteiger partial charge is 0.426 e. The van der Waals surface area contributed by atoms with Crippen LogP contribution >= 0.6 is 0 Å². The number of para-hydroxylation sites is 1. The fourth-order valence-corrected chi connectivity index (χ4v) is 1.68. The summed E-state index contributed by atoms with van der Waals surface area (Å²) in [5.74, 6) is 1.98. The molecule has 0 saturated heterocycles. The summed E-state index contributed by atoms with van der Waals surface area (Å²) in [5, 5.41) is 0. The van der Waals surface area contributed by atoms with Crippen LogP contribution in [-0.2, 0) is 4.79 Å². The molecule has 0 N–H and O–H groups in total. The second-order valence-electron chi connectivity index (χ2n) is 3.20. The van der Waals surface area contributed by atoms with Gasteiger partial charge in [0.05, 0.1) is 5.92 Å². The minimum atomic E-state index is -0.0799. The minimum absolute atomic E-state index is 0.0799. The van der Waals surface area contributed by atoms with Gasteiger partial charge in [0.25, 0.3) is 0 Å². The Bertz CT molecular complexity index is 357. The Labute approximate surface area is 70.2 Å². The number of esters is 1. The molecular formula is C10H7O2. The molecule has 2 nitrogen and oxygen atoms in total. The Balaban J connectivity index is 2.16. The standard InChI is InChI=1S/C10H7O2/c11-10-8-5-7(8)6-3-1-2-4-9(6)12-10/h1-4,8H,5H2. The second kappa shape index (κ2) is 1.89. The van der Waals surface area contributed by atoms with Crippen LogP contribution in [0.1, 0.15) is 12.0 Å². The van der Waals surface area contributed by atoms with Crippen LogP contribution in [0.2, 0.25) is 0 Å². The molecule has 12 heavy (non-hydrogen) atoms. The van der Waals surface area contributed by atoms with Crippen LogP contribution in [0.4, 0.5) is 0 Å². The molecule has 3 rings (SSSR count). The number of rotatable bonds is 0. The summed E-state index contributed by atoms with van der Waals surface area (Å²) in [7, 11) is 0. The molecule has 1 atom stereocenters. The number of hydrogen-bond donors (Lipinski definition) is 0. The van der Waals surface area contributed by atoms with Crippen molar-refractivity contribution >= 4 is 5.97 Å². The molecule has 1 aromatic rings. The van der Waals surface area contributed by atoms with Gasteiger partial charge in [0, 0.05) is 11.5 Å². The fraction of sp³-hybridized carbons (Fsp3) is 0.200. The fourth-order valence-electron chi connectivity index (χ4n) is 1.68. The van der Waals surface area contributed by atoms with Gasteiger partial charge in [-0.3, -0.25) is 4.79 Å². The van der Waals surface area contributed by atoms with Gasteiger partial charge in [0.2, 0.25) is 0 Å². The lowest BCUT2D eigenvalue weighted by Gasteiger charge is -2.13. The topological polar surface area (TPSA) is 26.3 Å². The smallest absolute Gasteiger partial charge is 0.315 e. The summed E-state index contributed by atoms with van der Waals surface area (Å²) in [5.41, 5.74) is 1.13. The van der Waals surface area contributed by atoms with Crippen LogP contribution in [0.25, 0.3) is 0 Å². The summed E-state index contributed by atoms with van der Waals surface area (Å²) >= 11 is 0. The molecule has 0 amide bonds. The van der Waals surface area contributed by atoms with E-state index in [4.69, 9.17) is 4.74 Å². The molecule has 0 aromatic heterocycles. The van der Waals surface area contributed by atoms with Gasteiger partial charge in [-0.15, -0.1) is 0 Å².